The standard InChI is InChI=1S/C35H40N4O2/c1-33(2,3)28-18-19-30(39(28)32(40)41-35(7,8)9)38-29(34(4,5)6)22-25-16-17-27(37-31(25)38)24-14-12-13-23(21-24)26-15-10-11-20-36-26/h10-22H,1-9H3. The number of nitrogens with zero attached hydrogens (tertiary/aromatic N) is 4. The van der Waals surface area contributed by atoms with Gasteiger partial charge in [-0.15, -0.1) is 0 Å². The van der Waals surface area contributed by atoms with Crippen molar-refractivity contribution in [1.82, 2.24) is 19.1 Å². The highest BCUT2D eigenvalue weighted by molar-refractivity contribution is 5.85. The molecule has 0 fully saturated rings. The van der Waals surface area contributed by atoms with Crippen LogP contribution in [0.5, 0.6) is 0 Å². The Balaban J connectivity index is 1.75. The van der Waals surface area contributed by atoms with E-state index >= 15 is 0 Å². The van der Waals surface area contributed by atoms with Crippen molar-refractivity contribution < 1.29 is 9.53 Å². The molecule has 6 heteroatoms. The lowest BCUT2D eigenvalue weighted by Gasteiger charge is -2.27. The SMILES string of the molecule is CC(C)(C)OC(=O)n1c(-n2c(C(C)(C)C)cc3ccc(-c4cccc(-c5ccccn5)c4)nc32)ccc1C(C)(C)C. The molecule has 1 aromatic carbocycles. The highest BCUT2D eigenvalue weighted by Crippen LogP contribution is 2.36. The van der Waals surface area contributed by atoms with E-state index in [1.807, 2.05) is 57.2 Å². The molecule has 5 rings (SSSR count). The maximum Gasteiger partial charge on any atom is 0.420 e. The first-order valence-electron chi connectivity index (χ1n) is 14.1. The van der Waals surface area contributed by atoms with Crippen LogP contribution in [-0.2, 0) is 15.6 Å². The van der Waals surface area contributed by atoms with Crippen molar-refractivity contribution in [3.05, 3.63) is 90.4 Å². The summed E-state index contributed by atoms with van der Waals surface area (Å²) < 4.78 is 9.77. The molecular weight excluding hydrogens is 508 g/mol. The van der Waals surface area contributed by atoms with Crippen LogP contribution in [0.2, 0.25) is 0 Å². The van der Waals surface area contributed by atoms with Gasteiger partial charge in [-0.1, -0.05) is 65.8 Å². The number of hydrogen-bond acceptors (Lipinski definition) is 4. The first-order chi connectivity index (χ1) is 19.1. The second kappa shape index (κ2) is 10.0. The van der Waals surface area contributed by atoms with Gasteiger partial charge in [0.25, 0.3) is 0 Å². The fourth-order valence-corrected chi connectivity index (χ4v) is 5.08. The quantitative estimate of drug-likeness (QED) is 0.226. The molecule has 0 spiro atoms. The Morgan fingerprint density at radius 2 is 1.39 bits per heavy atom. The maximum atomic E-state index is 13.8. The van der Waals surface area contributed by atoms with Crippen LogP contribution in [0.1, 0.15) is 73.7 Å². The molecule has 4 aromatic heterocycles. The number of fused-ring (bicyclic) bond motifs is 1. The topological polar surface area (TPSA) is 61.9 Å². The average Bonchev–Trinajstić information content (AvgIpc) is 3.50. The molecule has 6 nitrogen and oxygen atoms in total. The van der Waals surface area contributed by atoms with Crippen LogP contribution in [-0.4, -0.2) is 30.8 Å². The minimum absolute atomic E-state index is 0.218. The summed E-state index contributed by atoms with van der Waals surface area (Å²) in [6.45, 7) is 18.5. The molecule has 0 amide bonds. The van der Waals surface area contributed by atoms with Crippen LogP contribution >= 0.6 is 0 Å². The molecule has 0 atom stereocenters. The zero-order valence-electron chi connectivity index (χ0n) is 25.6. The van der Waals surface area contributed by atoms with Gasteiger partial charge in [-0.25, -0.2) is 14.3 Å². The third-order valence-electron chi connectivity index (χ3n) is 6.97. The van der Waals surface area contributed by atoms with Crippen molar-refractivity contribution in [3.8, 4) is 28.3 Å². The highest BCUT2D eigenvalue weighted by Gasteiger charge is 2.31. The smallest absolute Gasteiger partial charge is 0.420 e. The summed E-state index contributed by atoms with van der Waals surface area (Å²) >= 11 is 0. The van der Waals surface area contributed by atoms with Gasteiger partial charge in [0.05, 0.1) is 11.4 Å². The lowest BCUT2D eigenvalue weighted by molar-refractivity contribution is 0.0528. The Morgan fingerprint density at radius 3 is 2.00 bits per heavy atom. The average molecular weight is 549 g/mol. The van der Waals surface area contributed by atoms with Gasteiger partial charge in [0.15, 0.2) is 0 Å². The molecule has 0 aliphatic heterocycles. The van der Waals surface area contributed by atoms with Gasteiger partial charge in [0.1, 0.15) is 17.1 Å². The minimum Gasteiger partial charge on any atom is -0.443 e. The summed E-state index contributed by atoms with van der Waals surface area (Å²) in [7, 11) is 0. The Kier molecular flexibility index (Phi) is 6.93. The van der Waals surface area contributed by atoms with Gasteiger partial charge in [0.2, 0.25) is 0 Å². The van der Waals surface area contributed by atoms with Gasteiger partial charge >= 0.3 is 6.09 Å². The zero-order valence-corrected chi connectivity index (χ0v) is 25.6. The number of hydrogen-bond donors (Lipinski definition) is 0. The number of carbonyl (C=O) groups is 1. The Hall–Kier alpha value is -4.19. The fourth-order valence-electron chi connectivity index (χ4n) is 5.08. The number of aromatic nitrogens is 4. The number of ether oxygens (including phenoxy) is 1. The lowest BCUT2D eigenvalue weighted by atomic mass is 9.92. The molecule has 0 radical (unpaired) electrons. The number of benzene rings is 1. The van der Waals surface area contributed by atoms with E-state index in [0.717, 1.165) is 50.8 Å². The molecule has 212 valence electrons. The van der Waals surface area contributed by atoms with Gasteiger partial charge in [-0.2, -0.15) is 0 Å². The van der Waals surface area contributed by atoms with Gasteiger partial charge < -0.3 is 4.74 Å². The minimum atomic E-state index is -0.635. The predicted octanol–water partition coefficient (Wildman–Crippen LogP) is 8.93. The molecule has 0 aliphatic carbocycles. The van der Waals surface area contributed by atoms with Crippen molar-refractivity contribution in [1.29, 1.82) is 0 Å². The number of rotatable bonds is 3. The van der Waals surface area contributed by atoms with E-state index in [1.165, 1.54) is 0 Å². The summed E-state index contributed by atoms with van der Waals surface area (Å²) in [5, 5.41) is 1.01. The summed E-state index contributed by atoms with van der Waals surface area (Å²) in [6.07, 6.45) is 1.40. The van der Waals surface area contributed by atoms with Crippen molar-refractivity contribution in [2.45, 2.75) is 78.7 Å². The van der Waals surface area contributed by atoms with Crippen LogP contribution in [0, 0.1) is 0 Å². The Labute approximate surface area is 243 Å². The number of carbonyl (C=O) groups excluding carboxylic acids is 1. The summed E-state index contributed by atoms with van der Waals surface area (Å²) in [5.74, 6) is 0.719. The maximum absolute atomic E-state index is 13.8. The van der Waals surface area contributed by atoms with Crippen molar-refractivity contribution in [2.24, 2.45) is 0 Å². The molecule has 0 aliphatic rings. The van der Waals surface area contributed by atoms with E-state index in [-0.39, 0.29) is 10.8 Å². The van der Waals surface area contributed by atoms with E-state index < -0.39 is 11.7 Å². The van der Waals surface area contributed by atoms with E-state index in [4.69, 9.17) is 9.72 Å². The van der Waals surface area contributed by atoms with E-state index in [1.54, 1.807) is 10.8 Å². The Bertz CT molecular complexity index is 1720. The second-order valence-electron chi connectivity index (χ2n) is 13.7. The summed E-state index contributed by atoms with van der Waals surface area (Å²) in [4.78, 5) is 23.5. The van der Waals surface area contributed by atoms with Crippen LogP contribution in [0.4, 0.5) is 4.79 Å². The van der Waals surface area contributed by atoms with Gasteiger partial charge in [0, 0.05) is 44.9 Å². The fraction of sp³-hybridized carbons (Fsp3) is 0.343. The molecule has 5 aromatic rings. The predicted molar refractivity (Wildman–Crippen MR) is 167 cm³/mol. The third kappa shape index (κ3) is 5.69. The Morgan fingerprint density at radius 1 is 0.707 bits per heavy atom. The molecule has 0 N–H and O–H groups in total. The molecule has 0 bridgehead atoms. The largest absolute Gasteiger partial charge is 0.443 e. The second-order valence-corrected chi connectivity index (χ2v) is 13.7. The van der Waals surface area contributed by atoms with E-state index in [2.05, 4.69) is 87.5 Å². The molecule has 0 saturated carbocycles. The molecular formula is C35H40N4O2. The normalized spacial score (nSPS) is 12.6. The van der Waals surface area contributed by atoms with Crippen LogP contribution < -0.4 is 0 Å². The summed E-state index contributed by atoms with van der Waals surface area (Å²) in [5.41, 5.74) is 5.38. The van der Waals surface area contributed by atoms with Crippen LogP contribution in [0.25, 0.3) is 39.4 Å². The van der Waals surface area contributed by atoms with Gasteiger partial charge in [-0.05, 0) is 69.3 Å². The van der Waals surface area contributed by atoms with Crippen molar-refractivity contribution in [2.75, 3.05) is 0 Å². The van der Waals surface area contributed by atoms with Crippen molar-refractivity contribution in [3.63, 3.8) is 0 Å². The molecule has 4 heterocycles. The lowest BCUT2D eigenvalue weighted by Crippen LogP contribution is -2.32. The third-order valence-corrected chi connectivity index (χ3v) is 6.97. The number of pyridine rings is 2. The molecule has 0 unspecified atom stereocenters. The van der Waals surface area contributed by atoms with E-state index in [9.17, 15) is 4.79 Å². The zero-order chi connectivity index (χ0) is 29.7. The molecule has 0 saturated heterocycles. The highest BCUT2D eigenvalue weighted by atomic mass is 16.6. The van der Waals surface area contributed by atoms with Crippen molar-refractivity contribution >= 4 is 17.1 Å². The summed E-state index contributed by atoms with van der Waals surface area (Å²) in [6, 6.07) is 24.6. The monoisotopic (exact) mass is 548 g/mol. The molecule has 41 heavy (non-hydrogen) atoms. The van der Waals surface area contributed by atoms with Crippen LogP contribution in [0.3, 0.4) is 0 Å². The van der Waals surface area contributed by atoms with Gasteiger partial charge in [-0.3, -0.25) is 9.55 Å². The first-order valence-corrected chi connectivity index (χ1v) is 14.1. The van der Waals surface area contributed by atoms with E-state index in [0.29, 0.717) is 0 Å². The van der Waals surface area contributed by atoms with Crippen LogP contribution in [0.15, 0.2) is 79.0 Å². The first kappa shape index (κ1) is 28.3.